The summed E-state index contributed by atoms with van der Waals surface area (Å²) in [6.07, 6.45) is 5.31. The normalized spacial score (nSPS) is 23.7. The zero-order valence-corrected chi connectivity index (χ0v) is 14.8. The van der Waals surface area contributed by atoms with Crippen molar-refractivity contribution in [2.75, 3.05) is 18.4 Å². The highest BCUT2D eigenvalue weighted by Gasteiger charge is 2.49. The van der Waals surface area contributed by atoms with Crippen LogP contribution >= 0.6 is 0 Å². The minimum absolute atomic E-state index is 0.00345. The van der Waals surface area contributed by atoms with Crippen molar-refractivity contribution in [1.82, 2.24) is 4.90 Å². The molecule has 130 valence electrons. The van der Waals surface area contributed by atoms with Gasteiger partial charge in [-0.1, -0.05) is 44.9 Å². The van der Waals surface area contributed by atoms with E-state index >= 15 is 0 Å². The molecule has 4 heteroatoms. The summed E-state index contributed by atoms with van der Waals surface area (Å²) in [5, 5.41) is 3.04. The van der Waals surface area contributed by atoms with E-state index in [0.717, 1.165) is 37.2 Å². The Hall–Kier alpha value is -1.84. The van der Waals surface area contributed by atoms with Crippen molar-refractivity contribution >= 4 is 17.5 Å². The minimum Gasteiger partial charge on any atom is -0.342 e. The molecule has 0 spiro atoms. The van der Waals surface area contributed by atoms with E-state index in [4.69, 9.17) is 0 Å². The Morgan fingerprint density at radius 3 is 2.38 bits per heavy atom. The number of carbonyl (C=O) groups is 2. The molecule has 1 aromatic rings. The predicted molar refractivity (Wildman–Crippen MR) is 95.8 cm³/mol. The third-order valence-electron chi connectivity index (χ3n) is 5.20. The first-order valence-corrected chi connectivity index (χ1v) is 9.26. The van der Waals surface area contributed by atoms with Crippen LogP contribution < -0.4 is 5.32 Å². The van der Waals surface area contributed by atoms with Gasteiger partial charge in [-0.2, -0.15) is 0 Å². The van der Waals surface area contributed by atoms with Gasteiger partial charge in [-0.05, 0) is 36.8 Å². The van der Waals surface area contributed by atoms with Crippen molar-refractivity contribution in [2.45, 2.75) is 51.9 Å². The van der Waals surface area contributed by atoms with E-state index in [-0.39, 0.29) is 23.7 Å². The first-order valence-electron chi connectivity index (χ1n) is 9.26. The molecule has 1 aliphatic heterocycles. The van der Waals surface area contributed by atoms with E-state index in [9.17, 15) is 9.59 Å². The third-order valence-corrected chi connectivity index (χ3v) is 5.20. The Labute approximate surface area is 144 Å². The molecule has 1 heterocycles. The number of nitrogens with zero attached hydrogens (tertiary/aromatic N) is 1. The van der Waals surface area contributed by atoms with Gasteiger partial charge in [-0.25, -0.2) is 0 Å². The number of para-hydroxylation sites is 1. The van der Waals surface area contributed by atoms with Gasteiger partial charge in [-0.3, -0.25) is 9.59 Å². The Bertz CT molecular complexity index is 603. The molecule has 2 fully saturated rings. The lowest BCUT2D eigenvalue weighted by Crippen LogP contribution is -2.34. The van der Waals surface area contributed by atoms with E-state index in [1.165, 1.54) is 12.8 Å². The molecule has 2 atom stereocenters. The fourth-order valence-corrected chi connectivity index (χ4v) is 3.62. The van der Waals surface area contributed by atoms with Crippen LogP contribution in [-0.2, 0) is 9.59 Å². The van der Waals surface area contributed by atoms with Crippen molar-refractivity contribution in [3.8, 4) is 0 Å². The highest BCUT2D eigenvalue weighted by atomic mass is 16.2. The fraction of sp³-hybridized carbons (Fsp3) is 0.600. The van der Waals surface area contributed by atoms with Crippen molar-refractivity contribution in [3.05, 3.63) is 29.8 Å². The standard InChI is InChI=1S/C20H28N2O2/c1-14(2)15-9-5-6-10-18(15)21-19(23)16-13-17(16)20(24)22-11-7-3-4-8-12-22/h5-6,9-10,14,16-17H,3-4,7-8,11-13H2,1-2H3,(H,21,23). The summed E-state index contributed by atoms with van der Waals surface area (Å²) in [4.78, 5) is 27.1. The van der Waals surface area contributed by atoms with Crippen LogP contribution in [0.2, 0.25) is 0 Å². The third kappa shape index (κ3) is 3.80. The first-order chi connectivity index (χ1) is 11.6. The predicted octanol–water partition coefficient (Wildman–Crippen LogP) is 3.79. The molecule has 0 radical (unpaired) electrons. The Kier molecular flexibility index (Phi) is 5.22. The maximum absolute atomic E-state index is 12.6. The largest absolute Gasteiger partial charge is 0.342 e. The Morgan fingerprint density at radius 2 is 1.71 bits per heavy atom. The van der Waals surface area contributed by atoms with Gasteiger partial charge in [0.2, 0.25) is 11.8 Å². The topological polar surface area (TPSA) is 49.4 Å². The Balaban J connectivity index is 1.59. The maximum Gasteiger partial charge on any atom is 0.228 e. The molecule has 2 unspecified atom stereocenters. The Morgan fingerprint density at radius 1 is 1.04 bits per heavy atom. The lowest BCUT2D eigenvalue weighted by atomic mass is 10.0. The summed E-state index contributed by atoms with van der Waals surface area (Å²) in [5.74, 6) is 0.288. The summed E-state index contributed by atoms with van der Waals surface area (Å²) in [6, 6.07) is 7.93. The summed E-state index contributed by atoms with van der Waals surface area (Å²) in [6.45, 7) is 5.96. The van der Waals surface area contributed by atoms with E-state index < -0.39 is 0 Å². The van der Waals surface area contributed by atoms with E-state index in [2.05, 4.69) is 19.2 Å². The minimum atomic E-state index is -0.152. The summed E-state index contributed by atoms with van der Waals surface area (Å²) in [7, 11) is 0. The summed E-state index contributed by atoms with van der Waals surface area (Å²) < 4.78 is 0. The molecule has 1 saturated carbocycles. The second-order valence-corrected chi connectivity index (χ2v) is 7.42. The average Bonchev–Trinajstić information content (AvgIpc) is 3.38. The molecular weight excluding hydrogens is 300 g/mol. The zero-order chi connectivity index (χ0) is 17.1. The molecule has 1 aromatic carbocycles. The number of carbonyl (C=O) groups excluding carboxylic acids is 2. The maximum atomic E-state index is 12.6. The smallest absolute Gasteiger partial charge is 0.228 e. The SMILES string of the molecule is CC(C)c1ccccc1NC(=O)C1CC1C(=O)N1CCCCCC1. The number of likely N-dealkylation sites (tertiary alicyclic amines) is 1. The molecule has 2 aliphatic rings. The molecule has 1 aliphatic carbocycles. The number of nitrogens with one attached hydrogen (secondary N) is 1. The van der Waals surface area contributed by atoms with Crippen LogP contribution in [0.15, 0.2) is 24.3 Å². The van der Waals surface area contributed by atoms with Crippen molar-refractivity contribution in [2.24, 2.45) is 11.8 Å². The van der Waals surface area contributed by atoms with Crippen LogP contribution in [0.5, 0.6) is 0 Å². The molecule has 0 bridgehead atoms. The van der Waals surface area contributed by atoms with E-state index in [1.54, 1.807) is 0 Å². The number of hydrogen-bond acceptors (Lipinski definition) is 2. The number of amides is 2. The highest BCUT2D eigenvalue weighted by molar-refractivity contribution is 6.00. The van der Waals surface area contributed by atoms with Gasteiger partial charge in [0, 0.05) is 18.8 Å². The van der Waals surface area contributed by atoms with Crippen molar-refractivity contribution < 1.29 is 9.59 Å². The number of anilines is 1. The number of benzene rings is 1. The quantitative estimate of drug-likeness (QED) is 0.914. The second-order valence-electron chi connectivity index (χ2n) is 7.42. The van der Waals surface area contributed by atoms with E-state index in [0.29, 0.717) is 12.3 Å². The van der Waals surface area contributed by atoms with Gasteiger partial charge in [0.05, 0.1) is 11.8 Å². The average molecular weight is 328 g/mol. The monoisotopic (exact) mass is 328 g/mol. The van der Waals surface area contributed by atoms with Gasteiger partial charge in [-0.15, -0.1) is 0 Å². The first kappa shape index (κ1) is 17.0. The molecule has 1 N–H and O–H groups in total. The van der Waals surface area contributed by atoms with Crippen molar-refractivity contribution in [3.63, 3.8) is 0 Å². The molecule has 1 saturated heterocycles. The molecular formula is C20H28N2O2. The molecule has 0 aromatic heterocycles. The second kappa shape index (κ2) is 7.37. The van der Waals surface area contributed by atoms with Crippen LogP contribution in [0.1, 0.15) is 57.4 Å². The van der Waals surface area contributed by atoms with Crippen LogP contribution in [0, 0.1) is 11.8 Å². The molecule has 24 heavy (non-hydrogen) atoms. The van der Waals surface area contributed by atoms with Crippen LogP contribution in [-0.4, -0.2) is 29.8 Å². The summed E-state index contributed by atoms with van der Waals surface area (Å²) >= 11 is 0. The van der Waals surface area contributed by atoms with Gasteiger partial charge < -0.3 is 10.2 Å². The number of rotatable bonds is 4. The van der Waals surface area contributed by atoms with Crippen LogP contribution in [0.25, 0.3) is 0 Å². The lowest BCUT2D eigenvalue weighted by molar-refractivity contribution is -0.134. The highest BCUT2D eigenvalue weighted by Crippen LogP contribution is 2.41. The summed E-state index contributed by atoms with van der Waals surface area (Å²) in [5.41, 5.74) is 2.02. The lowest BCUT2D eigenvalue weighted by Gasteiger charge is -2.20. The molecule has 3 rings (SSSR count). The van der Waals surface area contributed by atoms with Crippen LogP contribution in [0.4, 0.5) is 5.69 Å². The van der Waals surface area contributed by atoms with E-state index in [1.807, 2.05) is 29.2 Å². The van der Waals surface area contributed by atoms with Gasteiger partial charge >= 0.3 is 0 Å². The van der Waals surface area contributed by atoms with Crippen molar-refractivity contribution in [1.29, 1.82) is 0 Å². The fourth-order valence-electron chi connectivity index (χ4n) is 3.62. The molecule has 4 nitrogen and oxygen atoms in total. The molecule has 2 amide bonds. The van der Waals surface area contributed by atoms with Gasteiger partial charge in [0.1, 0.15) is 0 Å². The van der Waals surface area contributed by atoms with Gasteiger partial charge in [0.25, 0.3) is 0 Å². The zero-order valence-electron chi connectivity index (χ0n) is 14.8. The van der Waals surface area contributed by atoms with Gasteiger partial charge in [0.15, 0.2) is 0 Å². The van der Waals surface area contributed by atoms with Crippen LogP contribution in [0.3, 0.4) is 0 Å². The number of hydrogen-bond donors (Lipinski definition) is 1.